The van der Waals surface area contributed by atoms with Crippen LogP contribution in [0.5, 0.6) is 0 Å². The van der Waals surface area contributed by atoms with Gasteiger partial charge in [-0.05, 0) is 58.7 Å². The predicted octanol–water partition coefficient (Wildman–Crippen LogP) is 5.15. The zero-order chi connectivity index (χ0) is 22.4. The molecular formula is C27H39PSi3. The lowest BCUT2D eigenvalue weighted by atomic mass is 10.2. The van der Waals surface area contributed by atoms with Crippen molar-refractivity contribution >= 4 is 50.2 Å². The zero-order valence-electron chi connectivity index (χ0n) is 20.2. The molecule has 0 aliphatic carbocycles. The van der Waals surface area contributed by atoms with E-state index in [1.807, 2.05) is 0 Å². The van der Waals surface area contributed by atoms with E-state index in [1.54, 1.807) is 32.6 Å². The van der Waals surface area contributed by atoms with E-state index in [4.69, 9.17) is 0 Å². The second kappa shape index (κ2) is 11.6. The minimum Gasteiger partial charge on any atom is -0.0719 e. The molecule has 0 heterocycles. The molecule has 0 fully saturated rings. The molecule has 0 amide bonds. The summed E-state index contributed by atoms with van der Waals surface area (Å²) in [6, 6.07) is 32.0. The smallest absolute Gasteiger partial charge is 0.0352 e. The first-order chi connectivity index (χ1) is 14.9. The Labute approximate surface area is 196 Å². The summed E-state index contributed by atoms with van der Waals surface area (Å²) in [4.78, 5) is 0. The monoisotopic (exact) mass is 478 g/mol. The van der Waals surface area contributed by atoms with Crippen molar-refractivity contribution in [1.82, 2.24) is 0 Å². The molecule has 0 saturated heterocycles. The largest absolute Gasteiger partial charge is 0.0719 e. The summed E-state index contributed by atoms with van der Waals surface area (Å²) in [6.07, 6.45) is 0. The van der Waals surface area contributed by atoms with E-state index < -0.39 is 34.3 Å². The van der Waals surface area contributed by atoms with E-state index in [0.717, 1.165) is 0 Å². The summed E-state index contributed by atoms with van der Waals surface area (Å²) < 4.78 is 0. The van der Waals surface area contributed by atoms with Gasteiger partial charge in [0.2, 0.25) is 0 Å². The quantitative estimate of drug-likeness (QED) is 0.295. The topological polar surface area (TPSA) is 0 Å². The summed E-state index contributed by atoms with van der Waals surface area (Å²) >= 11 is 0. The fourth-order valence-electron chi connectivity index (χ4n) is 4.41. The van der Waals surface area contributed by atoms with Crippen LogP contribution in [0.4, 0.5) is 0 Å². The summed E-state index contributed by atoms with van der Waals surface area (Å²) in [6.45, 7) is 14.9. The summed E-state index contributed by atoms with van der Waals surface area (Å²) in [7, 11) is -2.64. The maximum absolute atomic E-state index is 2.48. The van der Waals surface area contributed by atoms with Gasteiger partial charge in [0.05, 0.1) is 0 Å². The van der Waals surface area contributed by atoms with Crippen LogP contribution in [-0.4, -0.2) is 26.4 Å². The Morgan fingerprint density at radius 2 is 0.710 bits per heavy atom. The van der Waals surface area contributed by atoms with Gasteiger partial charge in [0.1, 0.15) is 0 Å². The highest BCUT2D eigenvalue weighted by Gasteiger charge is 2.24. The van der Waals surface area contributed by atoms with Crippen molar-refractivity contribution in [1.29, 1.82) is 0 Å². The first kappa shape index (κ1) is 24.4. The van der Waals surface area contributed by atoms with Gasteiger partial charge in [-0.25, -0.2) is 0 Å². The van der Waals surface area contributed by atoms with Crippen molar-refractivity contribution in [2.24, 2.45) is 0 Å². The molecule has 0 radical (unpaired) electrons. The van der Waals surface area contributed by atoms with Gasteiger partial charge in [0.15, 0.2) is 0 Å². The van der Waals surface area contributed by atoms with Crippen molar-refractivity contribution < 1.29 is 0 Å². The normalized spacial score (nSPS) is 11.8. The molecule has 3 aromatic carbocycles. The molecule has 0 saturated carbocycles. The van der Waals surface area contributed by atoms with Crippen LogP contribution in [0.1, 0.15) is 16.7 Å². The molecule has 164 valence electrons. The number of rotatable bonds is 9. The van der Waals surface area contributed by atoms with Crippen LogP contribution in [0.25, 0.3) is 0 Å². The lowest BCUT2D eigenvalue weighted by Crippen LogP contribution is -2.30. The van der Waals surface area contributed by atoms with Gasteiger partial charge < -0.3 is 0 Å². The van der Waals surface area contributed by atoms with Crippen LogP contribution in [0, 0.1) is 0 Å². The van der Waals surface area contributed by atoms with Gasteiger partial charge in [-0.3, -0.25) is 0 Å². The van der Waals surface area contributed by atoms with E-state index in [-0.39, 0.29) is 0 Å². The molecule has 0 aromatic heterocycles. The number of hydrogen-bond acceptors (Lipinski definition) is 0. The Balaban J connectivity index is 2.26. The first-order valence-corrected chi connectivity index (χ1v) is 22.6. The summed E-state index contributed by atoms with van der Waals surface area (Å²) in [5, 5.41) is 4.82. The van der Waals surface area contributed by atoms with Gasteiger partial charge in [-0.2, -0.15) is 0 Å². The predicted molar refractivity (Wildman–Crippen MR) is 153 cm³/mol. The van der Waals surface area contributed by atoms with Gasteiger partial charge in [-0.1, -0.05) is 112 Å². The van der Waals surface area contributed by atoms with Crippen molar-refractivity contribution in [3.05, 3.63) is 89.5 Å². The maximum Gasteiger partial charge on any atom is 0.0352 e. The molecule has 0 N–H and O–H groups in total. The Morgan fingerprint density at radius 1 is 0.452 bits per heavy atom. The van der Waals surface area contributed by atoms with Crippen molar-refractivity contribution in [2.75, 3.05) is 0 Å². The van der Waals surface area contributed by atoms with Gasteiger partial charge in [-0.15, -0.1) is 0 Å². The highest BCUT2D eigenvalue weighted by atomic mass is 31.1. The Hall–Kier alpha value is -1.26. The lowest BCUT2D eigenvalue weighted by Gasteiger charge is -2.27. The molecule has 0 bridgehead atoms. The van der Waals surface area contributed by atoms with Gasteiger partial charge in [0.25, 0.3) is 0 Å². The van der Waals surface area contributed by atoms with E-state index >= 15 is 0 Å². The third-order valence-corrected chi connectivity index (χ3v) is 12.1. The molecule has 4 heteroatoms. The van der Waals surface area contributed by atoms with Crippen LogP contribution in [0.2, 0.25) is 39.3 Å². The van der Waals surface area contributed by atoms with Crippen LogP contribution in [0.15, 0.2) is 72.8 Å². The van der Waals surface area contributed by atoms with E-state index in [2.05, 4.69) is 112 Å². The standard InChI is InChI=1S/C27H39PSi3/c1-29(2)19-22-13-7-10-16-25(22)28(26-17-11-8-14-23(26)20-30(3)4)27-18-12-9-15-24(27)21-31(5)6/h7-18,29-31H,19-21H2,1-6H3. The highest BCUT2D eigenvalue weighted by molar-refractivity contribution is 7.80. The summed E-state index contributed by atoms with van der Waals surface area (Å²) in [5.74, 6) is 0. The first-order valence-electron chi connectivity index (χ1n) is 11.9. The Bertz CT molecular complexity index is 854. The van der Waals surface area contributed by atoms with Crippen LogP contribution in [0.3, 0.4) is 0 Å². The fourth-order valence-corrected chi connectivity index (χ4v) is 11.5. The average Bonchev–Trinajstić information content (AvgIpc) is 2.70. The van der Waals surface area contributed by atoms with Crippen molar-refractivity contribution in [3.8, 4) is 0 Å². The van der Waals surface area contributed by atoms with Crippen molar-refractivity contribution in [3.63, 3.8) is 0 Å². The van der Waals surface area contributed by atoms with E-state index in [9.17, 15) is 0 Å². The molecule has 31 heavy (non-hydrogen) atoms. The van der Waals surface area contributed by atoms with Crippen LogP contribution in [-0.2, 0) is 18.1 Å². The number of benzene rings is 3. The minimum atomic E-state index is -0.702. The Kier molecular flexibility index (Phi) is 9.09. The minimum absolute atomic E-state index is 0.534. The van der Waals surface area contributed by atoms with Gasteiger partial charge in [0, 0.05) is 26.4 Å². The average molecular weight is 479 g/mol. The molecule has 3 rings (SSSR count). The third kappa shape index (κ3) is 6.61. The van der Waals surface area contributed by atoms with Crippen LogP contribution < -0.4 is 15.9 Å². The third-order valence-electron chi connectivity index (χ3n) is 5.58. The second-order valence-corrected chi connectivity index (χ2v) is 21.7. The highest BCUT2D eigenvalue weighted by Crippen LogP contribution is 2.37. The molecule has 3 aromatic rings. The molecular weight excluding hydrogens is 440 g/mol. The van der Waals surface area contributed by atoms with E-state index in [1.165, 1.54) is 18.1 Å². The molecule has 0 aliphatic rings. The molecule has 0 unspecified atom stereocenters. The van der Waals surface area contributed by atoms with Crippen LogP contribution >= 0.6 is 7.92 Å². The zero-order valence-corrected chi connectivity index (χ0v) is 24.6. The second-order valence-electron chi connectivity index (χ2n) is 10.0. The lowest BCUT2D eigenvalue weighted by molar-refractivity contribution is 1.37. The Morgan fingerprint density at radius 3 is 0.968 bits per heavy atom. The molecule has 0 spiro atoms. The SMILES string of the molecule is C[SiH](C)Cc1ccccc1P(c1ccccc1C[SiH](C)C)c1ccccc1C[SiH](C)C. The van der Waals surface area contributed by atoms with E-state index in [0.29, 0.717) is 0 Å². The fraction of sp³-hybridized carbons (Fsp3) is 0.333. The molecule has 0 atom stereocenters. The number of hydrogen-bond donors (Lipinski definition) is 0. The van der Waals surface area contributed by atoms with Crippen molar-refractivity contribution in [2.45, 2.75) is 57.4 Å². The molecule has 0 aliphatic heterocycles. The summed E-state index contributed by atoms with van der Waals surface area (Å²) in [5.41, 5.74) is 4.80. The maximum atomic E-state index is 2.48. The van der Waals surface area contributed by atoms with Gasteiger partial charge >= 0.3 is 0 Å². The molecule has 0 nitrogen and oxygen atoms in total.